The number of rotatable bonds is 8. The van der Waals surface area contributed by atoms with E-state index in [9.17, 15) is 21.6 Å². The van der Waals surface area contributed by atoms with Gasteiger partial charge in [0.2, 0.25) is 15.9 Å². The molecule has 0 spiro atoms. The normalized spacial score (nSPS) is 15.5. The van der Waals surface area contributed by atoms with Crippen LogP contribution in [0.15, 0.2) is 58.3 Å². The van der Waals surface area contributed by atoms with Gasteiger partial charge in [-0.15, -0.1) is 0 Å². The van der Waals surface area contributed by atoms with Crippen molar-refractivity contribution in [2.45, 2.75) is 48.8 Å². The lowest BCUT2D eigenvalue weighted by Gasteiger charge is -2.25. The third kappa shape index (κ3) is 5.72. The van der Waals surface area contributed by atoms with Gasteiger partial charge in [0, 0.05) is 19.5 Å². The summed E-state index contributed by atoms with van der Waals surface area (Å²) in [5.74, 6) is -0.351. The smallest absolute Gasteiger partial charge is 0.243 e. The highest BCUT2D eigenvalue weighted by Gasteiger charge is 2.25. The molecule has 2 aromatic rings. The monoisotopic (exact) mass is 464 g/mol. The Morgan fingerprint density at radius 3 is 2.23 bits per heavy atom. The first-order valence-electron chi connectivity index (χ1n) is 10.4. The van der Waals surface area contributed by atoms with Crippen molar-refractivity contribution in [3.05, 3.63) is 54.1 Å². The molecule has 1 aliphatic rings. The molecule has 1 aliphatic heterocycles. The molecule has 0 atom stereocenters. The van der Waals surface area contributed by atoms with Crippen molar-refractivity contribution in [2.75, 3.05) is 24.2 Å². The summed E-state index contributed by atoms with van der Waals surface area (Å²) in [4.78, 5) is 12.8. The van der Waals surface area contributed by atoms with E-state index in [1.165, 1.54) is 10.4 Å². The van der Waals surface area contributed by atoms with Crippen molar-refractivity contribution in [2.24, 2.45) is 0 Å². The van der Waals surface area contributed by atoms with E-state index in [1.54, 1.807) is 49.4 Å². The van der Waals surface area contributed by atoms with Gasteiger partial charge < -0.3 is 5.32 Å². The molecule has 0 bridgehead atoms. The molecule has 3 rings (SSSR count). The van der Waals surface area contributed by atoms with Crippen molar-refractivity contribution < 1.29 is 21.6 Å². The van der Waals surface area contributed by atoms with E-state index >= 15 is 0 Å². The highest BCUT2D eigenvalue weighted by Crippen LogP contribution is 2.23. The van der Waals surface area contributed by atoms with Crippen molar-refractivity contribution >= 4 is 31.5 Å². The molecule has 0 aliphatic carbocycles. The largest absolute Gasteiger partial charge is 0.325 e. The molecule has 7 nitrogen and oxygen atoms in total. The van der Waals surface area contributed by atoms with Gasteiger partial charge >= 0.3 is 0 Å². The summed E-state index contributed by atoms with van der Waals surface area (Å²) in [6.45, 7) is 2.67. The summed E-state index contributed by atoms with van der Waals surface area (Å²) in [5, 5.41) is 2.68. The molecule has 0 saturated carbocycles. The van der Waals surface area contributed by atoms with E-state index in [-0.39, 0.29) is 33.6 Å². The van der Waals surface area contributed by atoms with Crippen LogP contribution in [0.25, 0.3) is 0 Å². The van der Waals surface area contributed by atoms with E-state index in [0.29, 0.717) is 19.5 Å². The third-order valence-electron chi connectivity index (χ3n) is 5.39. The van der Waals surface area contributed by atoms with Crippen molar-refractivity contribution in [3.8, 4) is 0 Å². The lowest BCUT2D eigenvalue weighted by atomic mass is 10.1. The van der Waals surface area contributed by atoms with E-state index in [0.717, 1.165) is 24.8 Å². The van der Waals surface area contributed by atoms with E-state index < -0.39 is 19.9 Å². The lowest BCUT2D eigenvalue weighted by molar-refractivity contribution is -0.116. The van der Waals surface area contributed by atoms with E-state index in [4.69, 9.17) is 0 Å². The molecule has 31 heavy (non-hydrogen) atoms. The average Bonchev–Trinajstić information content (AvgIpc) is 2.79. The first-order valence-corrected chi connectivity index (χ1v) is 13.5. The number of carbonyl (C=O) groups is 1. The van der Waals surface area contributed by atoms with Crippen LogP contribution >= 0.6 is 0 Å². The maximum atomic E-state index is 12.7. The number of nitrogens with zero attached hydrogens (tertiary/aromatic N) is 1. The topological polar surface area (TPSA) is 101 Å². The molecule has 9 heteroatoms. The molecule has 0 unspecified atom stereocenters. The first-order chi connectivity index (χ1) is 14.7. The van der Waals surface area contributed by atoms with Crippen LogP contribution in [-0.2, 0) is 31.1 Å². The number of hydrogen-bond donors (Lipinski definition) is 1. The molecule has 1 heterocycles. The molecule has 1 N–H and O–H groups in total. The minimum atomic E-state index is -3.47. The Kier molecular flexibility index (Phi) is 7.51. The summed E-state index contributed by atoms with van der Waals surface area (Å²) in [6, 6.07) is 13.0. The number of anilines is 1. The van der Waals surface area contributed by atoms with Gasteiger partial charge in [-0.25, -0.2) is 16.8 Å². The van der Waals surface area contributed by atoms with Crippen LogP contribution in [-0.4, -0.2) is 45.9 Å². The summed E-state index contributed by atoms with van der Waals surface area (Å²) in [6.07, 6.45) is 3.39. The van der Waals surface area contributed by atoms with Crippen molar-refractivity contribution in [3.63, 3.8) is 0 Å². The van der Waals surface area contributed by atoms with Gasteiger partial charge in [-0.2, -0.15) is 4.31 Å². The fourth-order valence-electron chi connectivity index (χ4n) is 3.55. The van der Waals surface area contributed by atoms with Gasteiger partial charge in [-0.05, 0) is 49.1 Å². The van der Waals surface area contributed by atoms with Crippen LogP contribution in [0, 0.1) is 0 Å². The van der Waals surface area contributed by atoms with Crippen LogP contribution in [0.1, 0.15) is 38.2 Å². The number of nitrogens with one attached hydrogen (secondary N) is 1. The minimum Gasteiger partial charge on any atom is -0.325 e. The average molecular weight is 465 g/mol. The van der Waals surface area contributed by atoms with Gasteiger partial charge in [0.15, 0.2) is 9.84 Å². The SMILES string of the molecule is CCS(=O)(=O)c1ccccc1NC(=O)CCc1ccc(S(=O)(=O)N2CCCCC2)cc1. The maximum absolute atomic E-state index is 12.7. The molecular weight excluding hydrogens is 436 g/mol. The summed E-state index contributed by atoms with van der Waals surface area (Å²) >= 11 is 0. The number of sulfonamides is 1. The number of para-hydroxylation sites is 1. The zero-order chi connectivity index (χ0) is 22.5. The quantitative estimate of drug-likeness (QED) is 0.646. The molecule has 0 radical (unpaired) electrons. The predicted molar refractivity (Wildman–Crippen MR) is 120 cm³/mol. The number of aryl methyl sites for hydroxylation is 1. The van der Waals surface area contributed by atoms with Crippen LogP contribution in [0.5, 0.6) is 0 Å². The second-order valence-corrected chi connectivity index (χ2v) is 11.7. The summed E-state index contributed by atoms with van der Waals surface area (Å²) < 4.78 is 51.4. The third-order valence-corrected chi connectivity index (χ3v) is 9.09. The highest BCUT2D eigenvalue weighted by molar-refractivity contribution is 7.91. The Balaban J connectivity index is 1.62. The zero-order valence-corrected chi connectivity index (χ0v) is 19.2. The second-order valence-electron chi connectivity index (χ2n) is 7.56. The molecule has 168 valence electrons. The van der Waals surface area contributed by atoms with Gasteiger partial charge in [-0.1, -0.05) is 37.6 Å². The van der Waals surface area contributed by atoms with Gasteiger partial charge in [-0.3, -0.25) is 4.79 Å². The zero-order valence-electron chi connectivity index (χ0n) is 17.6. The molecule has 1 saturated heterocycles. The Morgan fingerprint density at radius 2 is 1.58 bits per heavy atom. The van der Waals surface area contributed by atoms with Gasteiger partial charge in [0.05, 0.1) is 21.2 Å². The van der Waals surface area contributed by atoms with Crippen molar-refractivity contribution in [1.82, 2.24) is 4.31 Å². The van der Waals surface area contributed by atoms with Crippen LogP contribution in [0.2, 0.25) is 0 Å². The lowest BCUT2D eigenvalue weighted by Crippen LogP contribution is -2.35. The highest BCUT2D eigenvalue weighted by atomic mass is 32.2. The Bertz CT molecular complexity index is 1120. The molecule has 2 aromatic carbocycles. The number of carbonyl (C=O) groups excluding carboxylic acids is 1. The standard InChI is InChI=1S/C22H28N2O5S2/c1-2-30(26,27)21-9-5-4-8-20(21)23-22(25)15-12-18-10-13-19(14-11-18)31(28,29)24-16-6-3-7-17-24/h4-5,8-11,13-14H,2-3,6-7,12,15-17H2,1H3,(H,23,25). The van der Waals surface area contributed by atoms with Crippen LogP contribution in [0.4, 0.5) is 5.69 Å². The number of benzene rings is 2. The predicted octanol–water partition coefficient (Wildman–Crippen LogP) is 3.23. The van der Waals surface area contributed by atoms with E-state index in [1.807, 2.05) is 0 Å². The molecular formula is C22H28N2O5S2. The van der Waals surface area contributed by atoms with E-state index in [2.05, 4.69) is 5.32 Å². The van der Waals surface area contributed by atoms with Crippen molar-refractivity contribution in [1.29, 1.82) is 0 Å². The molecule has 1 amide bonds. The summed E-state index contributed by atoms with van der Waals surface area (Å²) in [5.41, 5.74) is 1.11. The van der Waals surface area contributed by atoms with Crippen LogP contribution in [0.3, 0.4) is 0 Å². The number of amides is 1. The number of sulfone groups is 1. The Morgan fingerprint density at radius 1 is 0.935 bits per heavy atom. The first kappa shape index (κ1) is 23.4. The fourth-order valence-corrected chi connectivity index (χ4v) is 6.12. The van der Waals surface area contributed by atoms with Crippen LogP contribution < -0.4 is 5.32 Å². The number of hydrogen-bond acceptors (Lipinski definition) is 5. The summed E-state index contributed by atoms with van der Waals surface area (Å²) in [7, 11) is -6.92. The number of piperidine rings is 1. The van der Waals surface area contributed by atoms with Gasteiger partial charge in [0.1, 0.15) is 0 Å². The molecule has 1 fully saturated rings. The fraction of sp³-hybridized carbons (Fsp3) is 0.409. The minimum absolute atomic E-state index is 0.0490. The Hall–Kier alpha value is -2.23. The Labute approximate surface area is 184 Å². The second kappa shape index (κ2) is 9.93. The maximum Gasteiger partial charge on any atom is 0.243 e. The molecule has 0 aromatic heterocycles. The van der Waals surface area contributed by atoms with Gasteiger partial charge in [0.25, 0.3) is 0 Å².